The molecule has 54 valence electrons. The second-order valence-corrected chi connectivity index (χ2v) is 2.34. The molecule has 0 aromatic carbocycles. The van der Waals surface area contributed by atoms with Gasteiger partial charge in [-0.1, -0.05) is 0 Å². The summed E-state index contributed by atoms with van der Waals surface area (Å²) in [6.07, 6.45) is 2.47. The number of hydrogen-bond donors (Lipinski definition) is 0. The van der Waals surface area contributed by atoms with Crippen LogP contribution in [0, 0.1) is 11.3 Å². The van der Waals surface area contributed by atoms with Gasteiger partial charge in [-0.2, -0.15) is 5.26 Å². The minimum Gasteiger partial charge on any atom is -0.490 e. The Morgan fingerprint density at radius 1 is 1.64 bits per heavy atom. The second-order valence-electron chi connectivity index (χ2n) is 2.34. The van der Waals surface area contributed by atoms with Gasteiger partial charge in [0.2, 0.25) is 0 Å². The van der Waals surface area contributed by atoms with Crippen molar-refractivity contribution in [2.75, 3.05) is 6.61 Å². The van der Waals surface area contributed by atoms with Gasteiger partial charge in [0.15, 0.2) is 5.75 Å². The number of fused-ring (bicyclic) bond motifs is 1. The standard InChI is InChI=1S/C8H6N2O/c9-5-6-1-3-10-7-2-4-11-8(6)7/h1,3H,2,4H2. The molecule has 0 spiro atoms. The van der Waals surface area contributed by atoms with Crippen molar-refractivity contribution >= 4 is 0 Å². The van der Waals surface area contributed by atoms with Gasteiger partial charge < -0.3 is 4.74 Å². The smallest absolute Gasteiger partial charge is 0.158 e. The zero-order valence-electron chi connectivity index (χ0n) is 5.87. The fraction of sp³-hybridized carbons (Fsp3) is 0.250. The molecular weight excluding hydrogens is 140 g/mol. The van der Waals surface area contributed by atoms with E-state index in [1.54, 1.807) is 12.3 Å². The van der Waals surface area contributed by atoms with Crippen LogP contribution in [0.5, 0.6) is 5.75 Å². The summed E-state index contributed by atoms with van der Waals surface area (Å²) in [6, 6.07) is 3.73. The predicted molar refractivity (Wildman–Crippen MR) is 38.2 cm³/mol. The molecule has 11 heavy (non-hydrogen) atoms. The van der Waals surface area contributed by atoms with Crippen LogP contribution in [0.15, 0.2) is 12.3 Å². The summed E-state index contributed by atoms with van der Waals surface area (Å²) in [7, 11) is 0. The van der Waals surface area contributed by atoms with Gasteiger partial charge in [0.1, 0.15) is 6.07 Å². The molecule has 0 fully saturated rings. The lowest BCUT2D eigenvalue weighted by molar-refractivity contribution is 0.356. The van der Waals surface area contributed by atoms with Crippen LogP contribution in [0.3, 0.4) is 0 Å². The summed E-state index contributed by atoms with van der Waals surface area (Å²) in [5.74, 6) is 0.676. The fourth-order valence-corrected chi connectivity index (χ4v) is 1.17. The Morgan fingerprint density at radius 3 is 3.36 bits per heavy atom. The van der Waals surface area contributed by atoms with E-state index in [0.29, 0.717) is 17.9 Å². The van der Waals surface area contributed by atoms with E-state index in [-0.39, 0.29) is 0 Å². The van der Waals surface area contributed by atoms with Crippen molar-refractivity contribution in [1.82, 2.24) is 4.98 Å². The van der Waals surface area contributed by atoms with Gasteiger partial charge in [-0.15, -0.1) is 0 Å². The maximum Gasteiger partial charge on any atom is 0.158 e. The van der Waals surface area contributed by atoms with Crippen LogP contribution >= 0.6 is 0 Å². The van der Waals surface area contributed by atoms with E-state index in [9.17, 15) is 0 Å². The highest BCUT2D eigenvalue weighted by Crippen LogP contribution is 2.26. The van der Waals surface area contributed by atoms with Crippen LogP contribution in [0.2, 0.25) is 0 Å². The number of rotatable bonds is 0. The van der Waals surface area contributed by atoms with Crippen molar-refractivity contribution in [3.63, 3.8) is 0 Å². The summed E-state index contributed by atoms with van der Waals surface area (Å²) >= 11 is 0. The van der Waals surface area contributed by atoms with Crippen LogP contribution in [-0.4, -0.2) is 11.6 Å². The van der Waals surface area contributed by atoms with E-state index in [0.717, 1.165) is 12.1 Å². The molecule has 0 bridgehead atoms. The summed E-state index contributed by atoms with van der Waals surface area (Å²) in [4.78, 5) is 4.09. The number of pyridine rings is 1. The molecule has 0 saturated carbocycles. The van der Waals surface area contributed by atoms with Crippen molar-refractivity contribution in [2.45, 2.75) is 6.42 Å². The van der Waals surface area contributed by atoms with Crippen LogP contribution in [0.4, 0.5) is 0 Å². The summed E-state index contributed by atoms with van der Waals surface area (Å²) in [5, 5.41) is 8.64. The Labute approximate surface area is 64.2 Å². The molecule has 0 unspecified atom stereocenters. The molecule has 1 aromatic heterocycles. The third-order valence-corrected chi connectivity index (χ3v) is 1.68. The molecular formula is C8H6N2O. The van der Waals surface area contributed by atoms with Crippen molar-refractivity contribution in [3.8, 4) is 11.8 Å². The van der Waals surface area contributed by atoms with Gasteiger partial charge in [-0.05, 0) is 6.07 Å². The average molecular weight is 146 g/mol. The minimum absolute atomic E-state index is 0.590. The van der Waals surface area contributed by atoms with Gasteiger partial charge >= 0.3 is 0 Å². The van der Waals surface area contributed by atoms with Crippen LogP contribution in [0.1, 0.15) is 11.3 Å². The molecule has 0 saturated heterocycles. The molecule has 3 heteroatoms. The maximum atomic E-state index is 8.64. The van der Waals surface area contributed by atoms with E-state index in [1.165, 1.54) is 0 Å². The summed E-state index contributed by atoms with van der Waals surface area (Å²) < 4.78 is 5.24. The molecule has 2 heterocycles. The second kappa shape index (κ2) is 2.24. The predicted octanol–water partition coefficient (Wildman–Crippen LogP) is 0.888. The molecule has 1 aliphatic heterocycles. The van der Waals surface area contributed by atoms with Gasteiger partial charge in [0.25, 0.3) is 0 Å². The molecule has 2 rings (SSSR count). The first-order valence-corrected chi connectivity index (χ1v) is 3.42. The Kier molecular flexibility index (Phi) is 1.26. The zero-order chi connectivity index (χ0) is 7.68. The van der Waals surface area contributed by atoms with Gasteiger partial charge in [0.05, 0.1) is 17.9 Å². The normalized spacial score (nSPS) is 13.4. The third-order valence-electron chi connectivity index (χ3n) is 1.68. The van der Waals surface area contributed by atoms with E-state index in [2.05, 4.69) is 11.1 Å². The molecule has 3 nitrogen and oxygen atoms in total. The van der Waals surface area contributed by atoms with Crippen LogP contribution in [-0.2, 0) is 6.42 Å². The fourth-order valence-electron chi connectivity index (χ4n) is 1.17. The molecule has 0 atom stereocenters. The van der Waals surface area contributed by atoms with Crippen LogP contribution in [0.25, 0.3) is 0 Å². The SMILES string of the molecule is N#Cc1ccnc2c1OCC2. The average Bonchev–Trinajstić information content (AvgIpc) is 2.50. The molecule has 0 amide bonds. The number of ether oxygens (including phenoxy) is 1. The molecule has 0 aliphatic carbocycles. The quantitative estimate of drug-likeness (QED) is 0.546. The van der Waals surface area contributed by atoms with Gasteiger partial charge in [0, 0.05) is 12.6 Å². The van der Waals surface area contributed by atoms with Crippen LogP contribution < -0.4 is 4.74 Å². The van der Waals surface area contributed by atoms with Gasteiger partial charge in [-0.25, -0.2) is 0 Å². The highest BCUT2D eigenvalue weighted by Gasteiger charge is 2.16. The summed E-state index contributed by atoms with van der Waals surface area (Å²) in [5.41, 5.74) is 1.50. The van der Waals surface area contributed by atoms with Crippen molar-refractivity contribution in [1.29, 1.82) is 5.26 Å². The molecule has 0 radical (unpaired) electrons. The lowest BCUT2D eigenvalue weighted by Crippen LogP contribution is -1.88. The molecule has 0 N–H and O–H groups in total. The first-order chi connectivity index (χ1) is 5.42. The van der Waals surface area contributed by atoms with E-state index < -0.39 is 0 Å². The molecule has 1 aromatic rings. The zero-order valence-corrected chi connectivity index (χ0v) is 5.87. The Morgan fingerprint density at radius 2 is 2.55 bits per heavy atom. The minimum atomic E-state index is 0.590. The Hall–Kier alpha value is -1.56. The topological polar surface area (TPSA) is 45.9 Å². The van der Waals surface area contributed by atoms with Gasteiger partial charge in [-0.3, -0.25) is 4.98 Å². The van der Waals surface area contributed by atoms with Crippen molar-refractivity contribution < 1.29 is 4.74 Å². The Bertz CT molecular complexity index is 327. The summed E-state index contributed by atoms with van der Waals surface area (Å²) in [6.45, 7) is 0.654. The number of aromatic nitrogens is 1. The first kappa shape index (κ1) is 6.17. The third kappa shape index (κ3) is 0.838. The maximum absolute atomic E-state index is 8.64. The Balaban J connectivity index is 2.61. The first-order valence-electron chi connectivity index (χ1n) is 3.42. The van der Waals surface area contributed by atoms with Crippen molar-refractivity contribution in [3.05, 3.63) is 23.5 Å². The van der Waals surface area contributed by atoms with Crippen molar-refractivity contribution in [2.24, 2.45) is 0 Å². The highest BCUT2D eigenvalue weighted by atomic mass is 16.5. The lowest BCUT2D eigenvalue weighted by Gasteiger charge is -1.97. The molecule has 1 aliphatic rings. The number of nitrogens with zero attached hydrogens (tertiary/aromatic N) is 2. The monoisotopic (exact) mass is 146 g/mol. The van der Waals surface area contributed by atoms with E-state index in [1.807, 2.05) is 0 Å². The lowest BCUT2D eigenvalue weighted by atomic mass is 10.2. The number of nitriles is 1. The number of hydrogen-bond acceptors (Lipinski definition) is 3. The van der Waals surface area contributed by atoms with E-state index >= 15 is 0 Å². The van der Waals surface area contributed by atoms with E-state index in [4.69, 9.17) is 10.00 Å². The highest BCUT2D eigenvalue weighted by molar-refractivity contribution is 5.46. The largest absolute Gasteiger partial charge is 0.490 e.